The molecule has 2 aromatic rings. The maximum absolute atomic E-state index is 13.1. The van der Waals surface area contributed by atoms with Gasteiger partial charge in [-0.05, 0) is 18.2 Å². The Labute approximate surface area is 120 Å². The molecule has 1 aromatic heterocycles. The van der Waals surface area contributed by atoms with Crippen LogP contribution in [0, 0.1) is 5.82 Å². The second-order valence-electron chi connectivity index (χ2n) is 4.29. The van der Waals surface area contributed by atoms with Gasteiger partial charge in [0.05, 0.1) is 11.8 Å². The monoisotopic (exact) mass is 288 g/mol. The minimum absolute atomic E-state index is 0.0647. The largest absolute Gasteiger partial charge is 0.409 e. The van der Waals surface area contributed by atoms with Gasteiger partial charge < -0.3 is 15.8 Å². The normalized spacial score (nSPS) is 11.2. The summed E-state index contributed by atoms with van der Waals surface area (Å²) < 4.78 is 13.1. The zero-order valence-corrected chi connectivity index (χ0v) is 11.2. The summed E-state index contributed by atoms with van der Waals surface area (Å²) in [5.74, 6) is -1.07. The van der Waals surface area contributed by atoms with E-state index < -0.39 is 11.7 Å². The maximum atomic E-state index is 13.1. The van der Waals surface area contributed by atoms with Gasteiger partial charge in [-0.3, -0.25) is 9.78 Å². The highest BCUT2D eigenvalue weighted by atomic mass is 19.1. The highest BCUT2D eigenvalue weighted by Gasteiger charge is 2.15. The minimum atomic E-state index is -0.584. The predicted molar refractivity (Wildman–Crippen MR) is 75.9 cm³/mol. The van der Waals surface area contributed by atoms with E-state index in [1.54, 1.807) is 31.3 Å². The summed E-state index contributed by atoms with van der Waals surface area (Å²) in [6, 6.07) is 7.68. The van der Waals surface area contributed by atoms with Crippen LogP contribution in [0.3, 0.4) is 0 Å². The average Bonchev–Trinajstić information content (AvgIpc) is 2.52. The minimum Gasteiger partial charge on any atom is -0.409 e. The van der Waals surface area contributed by atoms with E-state index in [4.69, 9.17) is 10.9 Å². The Morgan fingerprint density at radius 3 is 2.76 bits per heavy atom. The lowest BCUT2D eigenvalue weighted by Gasteiger charge is -2.18. The van der Waals surface area contributed by atoms with Gasteiger partial charge in [-0.1, -0.05) is 17.3 Å². The van der Waals surface area contributed by atoms with Crippen LogP contribution in [0.1, 0.15) is 15.9 Å². The summed E-state index contributed by atoms with van der Waals surface area (Å²) in [7, 11) is 1.54. The van der Waals surface area contributed by atoms with E-state index in [2.05, 4.69) is 10.1 Å². The molecule has 7 heteroatoms. The first kappa shape index (κ1) is 14.4. The summed E-state index contributed by atoms with van der Waals surface area (Å²) in [5.41, 5.74) is 6.63. The molecular weight excluding hydrogens is 275 g/mol. The molecular formula is C14H13FN4O2. The molecule has 1 amide bonds. The number of oxime groups is 1. The van der Waals surface area contributed by atoms with Gasteiger partial charge >= 0.3 is 0 Å². The van der Waals surface area contributed by atoms with Crippen LogP contribution in [0.5, 0.6) is 0 Å². The van der Waals surface area contributed by atoms with Crippen LogP contribution in [0.25, 0.3) is 0 Å². The Morgan fingerprint density at radius 2 is 2.10 bits per heavy atom. The number of benzene rings is 1. The number of carbonyl (C=O) groups is 1. The van der Waals surface area contributed by atoms with Crippen molar-refractivity contribution < 1.29 is 14.4 Å². The molecule has 0 atom stereocenters. The third-order valence-electron chi connectivity index (χ3n) is 2.89. The van der Waals surface area contributed by atoms with E-state index in [-0.39, 0.29) is 11.4 Å². The quantitative estimate of drug-likeness (QED) is 0.388. The number of rotatable bonds is 3. The smallest absolute Gasteiger partial charge is 0.259 e. The number of nitrogens with two attached hydrogens (primary N) is 1. The molecule has 2 rings (SSSR count). The number of pyridine rings is 1. The summed E-state index contributed by atoms with van der Waals surface area (Å²) in [5, 5.41) is 11.6. The van der Waals surface area contributed by atoms with E-state index in [9.17, 15) is 9.18 Å². The van der Waals surface area contributed by atoms with Gasteiger partial charge in [0.25, 0.3) is 5.91 Å². The number of amides is 1. The number of anilines is 1. The number of carbonyl (C=O) groups excluding carboxylic acids is 1. The van der Waals surface area contributed by atoms with Crippen LogP contribution in [-0.2, 0) is 0 Å². The van der Waals surface area contributed by atoms with Crippen molar-refractivity contribution in [3.63, 3.8) is 0 Å². The molecule has 0 saturated heterocycles. The van der Waals surface area contributed by atoms with Gasteiger partial charge in [0.2, 0.25) is 0 Å². The van der Waals surface area contributed by atoms with Crippen molar-refractivity contribution in [1.29, 1.82) is 0 Å². The third kappa shape index (κ3) is 3.14. The fraction of sp³-hybridized carbons (Fsp3) is 0.0714. The van der Waals surface area contributed by atoms with E-state index in [0.717, 1.165) is 12.3 Å². The van der Waals surface area contributed by atoms with Crippen molar-refractivity contribution in [3.8, 4) is 0 Å². The SMILES string of the molecule is CN(C(=O)c1cncc(F)c1)c1cccc(/C(N)=N/O)c1. The van der Waals surface area contributed by atoms with Crippen LogP contribution < -0.4 is 10.6 Å². The second-order valence-corrected chi connectivity index (χ2v) is 4.29. The lowest BCUT2D eigenvalue weighted by molar-refractivity contribution is 0.0992. The topological polar surface area (TPSA) is 91.8 Å². The van der Waals surface area contributed by atoms with E-state index in [1.165, 1.54) is 11.1 Å². The molecule has 0 unspecified atom stereocenters. The van der Waals surface area contributed by atoms with Crippen molar-refractivity contribution in [3.05, 3.63) is 59.7 Å². The molecule has 0 aliphatic rings. The maximum Gasteiger partial charge on any atom is 0.259 e. The highest BCUT2D eigenvalue weighted by molar-refractivity contribution is 6.06. The first-order chi connectivity index (χ1) is 10.0. The number of nitrogens with zero attached hydrogens (tertiary/aromatic N) is 3. The van der Waals surface area contributed by atoms with Crippen LogP contribution in [-0.4, -0.2) is 29.0 Å². The Balaban J connectivity index is 2.31. The van der Waals surface area contributed by atoms with E-state index >= 15 is 0 Å². The number of aromatic nitrogens is 1. The zero-order valence-electron chi connectivity index (χ0n) is 11.2. The molecule has 6 nitrogen and oxygen atoms in total. The van der Waals surface area contributed by atoms with Crippen LogP contribution >= 0.6 is 0 Å². The first-order valence-corrected chi connectivity index (χ1v) is 5.99. The van der Waals surface area contributed by atoms with Gasteiger partial charge in [0, 0.05) is 24.5 Å². The molecule has 1 aromatic carbocycles. The Bertz CT molecular complexity index is 703. The number of hydrogen-bond donors (Lipinski definition) is 2. The summed E-state index contributed by atoms with van der Waals surface area (Å²) >= 11 is 0. The van der Waals surface area contributed by atoms with Crippen molar-refractivity contribution in [2.24, 2.45) is 10.9 Å². The van der Waals surface area contributed by atoms with Gasteiger partial charge in [0.15, 0.2) is 5.84 Å². The Morgan fingerprint density at radius 1 is 1.33 bits per heavy atom. The molecule has 1 heterocycles. The van der Waals surface area contributed by atoms with Crippen molar-refractivity contribution in [1.82, 2.24) is 4.98 Å². The number of hydrogen-bond acceptors (Lipinski definition) is 4. The molecule has 3 N–H and O–H groups in total. The van der Waals surface area contributed by atoms with Gasteiger partial charge in [-0.25, -0.2) is 4.39 Å². The molecule has 0 aliphatic carbocycles. The standard InChI is InChI=1S/C14H13FN4O2/c1-19(14(20)10-5-11(15)8-17-7-10)12-4-2-3-9(6-12)13(16)18-21/h2-8,21H,1H3,(H2,16,18). The van der Waals surface area contributed by atoms with E-state index in [0.29, 0.717) is 11.3 Å². The van der Waals surface area contributed by atoms with E-state index in [1.807, 2.05) is 0 Å². The van der Waals surface area contributed by atoms with Gasteiger partial charge in [0.1, 0.15) is 5.82 Å². The Kier molecular flexibility index (Phi) is 4.13. The molecule has 108 valence electrons. The summed E-state index contributed by atoms with van der Waals surface area (Å²) in [6.07, 6.45) is 2.31. The Hall–Kier alpha value is -2.96. The summed E-state index contributed by atoms with van der Waals surface area (Å²) in [6.45, 7) is 0. The molecule has 0 fully saturated rings. The van der Waals surface area contributed by atoms with Gasteiger partial charge in [-0.15, -0.1) is 0 Å². The van der Waals surface area contributed by atoms with Crippen molar-refractivity contribution in [2.45, 2.75) is 0 Å². The van der Waals surface area contributed by atoms with Crippen LogP contribution in [0.4, 0.5) is 10.1 Å². The molecule has 0 radical (unpaired) electrons. The number of halogens is 1. The average molecular weight is 288 g/mol. The molecule has 0 bridgehead atoms. The molecule has 0 aliphatic heterocycles. The highest BCUT2D eigenvalue weighted by Crippen LogP contribution is 2.17. The molecule has 21 heavy (non-hydrogen) atoms. The lowest BCUT2D eigenvalue weighted by Crippen LogP contribution is -2.27. The lowest BCUT2D eigenvalue weighted by atomic mass is 10.1. The predicted octanol–water partition coefficient (Wildman–Crippen LogP) is 1.59. The molecule has 0 spiro atoms. The third-order valence-corrected chi connectivity index (χ3v) is 2.89. The second kappa shape index (κ2) is 6.00. The van der Waals surface area contributed by atoms with Gasteiger partial charge in [-0.2, -0.15) is 0 Å². The van der Waals surface area contributed by atoms with Crippen molar-refractivity contribution >= 4 is 17.4 Å². The fourth-order valence-electron chi connectivity index (χ4n) is 1.77. The fourth-order valence-corrected chi connectivity index (χ4v) is 1.77. The van der Waals surface area contributed by atoms with Crippen molar-refractivity contribution in [2.75, 3.05) is 11.9 Å². The molecule has 0 saturated carbocycles. The van der Waals surface area contributed by atoms with Crippen LogP contribution in [0.15, 0.2) is 47.9 Å². The summed E-state index contributed by atoms with van der Waals surface area (Å²) in [4.78, 5) is 17.2. The first-order valence-electron chi connectivity index (χ1n) is 5.99. The zero-order chi connectivity index (χ0) is 15.4. The number of amidine groups is 1. The van der Waals surface area contributed by atoms with Crippen LogP contribution in [0.2, 0.25) is 0 Å².